The molecule has 0 spiro atoms. The molecule has 0 radical (unpaired) electrons. The van der Waals surface area contributed by atoms with Crippen LogP contribution in [0.15, 0.2) is 42.5 Å². The van der Waals surface area contributed by atoms with Gasteiger partial charge in [-0.3, -0.25) is 34.6 Å². The fraction of sp³-hybridized carbons (Fsp3) is 0.227. The van der Waals surface area contributed by atoms with Crippen molar-refractivity contribution >= 4 is 29.5 Å². The van der Waals surface area contributed by atoms with Crippen molar-refractivity contribution in [1.29, 1.82) is 0 Å². The average molecular weight is 423 g/mol. The van der Waals surface area contributed by atoms with Gasteiger partial charge in [0.2, 0.25) is 17.7 Å². The molecular formula is C22H18FN3O5. The second kappa shape index (κ2) is 8.10. The van der Waals surface area contributed by atoms with Crippen LogP contribution in [-0.2, 0) is 27.3 Å². The minimum Gasteiger partial charge on any atom is -0.322 e. The SMILES string of the molecule is O=C(Cc1ccc(F)cc1)NC(=O)c1cccc2c1C(=O)N(C1CCC(=O)NC1=O)C2. The van der Waals surface area contributed by atoms with Crippen molar-refractivity contribution < 1.29 is 28.4 Å². The van der Waals surface area contributed by atoms with E-state index in [9.17, 15) is 28.4 Å². The van der Waals surface area contributed by atoms with Crippen molar-refractivity contribution in [2.24, 2.45) is 0 Å². The fourth-order valence-electron chi connectivity index (χ4n) is 3.83. The second-order valence-electron chi connectivity index (χ2n) is 7.42. The van der Waals surface area contributed by atoms with E-state index in [0.29, 0.717) is 11.1 Å². The Morgan fingerprint density at radius 1 is 1.10 bits per heavy atom. The number of benzene rings is 2. The number of imide groups is 2. The highest BCUT2D eigenvalue weighted by Crippen LogP contribution is 2.29. The molecule has 2 N–H and O–H groups in total. The highest BCUT2D eigenvalue weighted by atomic mass is 19.1. The molecule has 1 unspecified atom stereocenters. The molecule has 2 aromatic rings. The topological polar surface area (TPSA) is 113 Å². The van der Waals surface area contributed by atoms with Crippen molar-refractivity contribution in [3.63, 3.8) is 0 Å². The van der Waals surface area contributed by atoms with E-state index in [1.165, 1.54) is 35.2 Å². The third-order valence-corrected chi connectivity index (χ3v) is 5.33. The third-order valence-electron chi connectivity index (χ3n) is 5.33. The maximum atomic E-state index is 13.0. The van der Waals surface area contributed by atoms with Crippen LogP contribution in [0.5, 0.6) is 0 Å². The number of hydrogen-bond acceptors (Lipinski definition) is 5. The van der Waals surface area contributed by atoms with Gasteiger partial charge in [0.05, 0.1) is 17.5 Å². The van der Waals surface area contributed by atoms with E-state index >= 15 is 0 Å². The highest BCUT2D eigenvalue weighted by Gasteiger charge is 2.40. The summed E-state index contributed by atoms with van der Waals surface area (Å²) in [7, 11) is 0. The molecule has 2 aromatic carbocycles. The number of nitrogens with one attached hydrogen (secondary N) is 2. The van der Waals surface area contributed by atoms with Crippen molar-refractivity contribution in [3.05, 3.63) is 70.5 Å². The molecule has 9 heteroatoms. The Morgan fingerprint density at radius 2 is 1.84 bits per heavy atom. The molecule has 0 aliphatic carbocycles. The van der Waals surface area contributed by atoms with Crippen LogP contribution in [0.1, 0.15) is 44.7 Å². The highest BCUT2D eigenvalue weighted by molar-refractivity contribution is 6.14. The van der Waals surface area contributed by atoms with Crippen LogP contribution in [0, 0.1) is 5.82 Å². The molecule has 2 heterocycles. The van der Waals surface area contributed by atoms with Crippen molar-refractivity contribution in [2.45, 2.75) is 31.8 Å². The molecule has 1 saturated heterocycles. The lowest BCUT2D eigenvalue weighted by molar-refractivity contribution is -0.137. The lowest BCUT2D eigenvalue weighted by Gasteiger charge is -2.29. The van der Waals surface area contributed by atoms with Crippen molar-refractivity contribution in [1.82, 2.24) is 15.5 Å². The summed E-state index contributed by atoms with van der Waals surface area (Å²) in [6.07, 6.45) is 0.210. The maximum Gasteiger partial charge on any atom is 0.258 e. The summed E-state index contributed by atoms with van der Waals surface area (Å²) in [5.74, 6) is -3.19. The zero-order valence-corrected chi connectivity index (χ0v) is 16.3. The van der Waals surface area contributed by atoms with Gasteiger partial charge in [0.25, 0.3) is 11.8 Å². The number of hydrogen-bond donors (Lipinski definition) is 2. The number of piperidine rings is 1. The van der Waals surface area contributed by atoms with Gasteiger partial charge in [-0.05, 0) is 35.7 Å². The van der Waals surface area contributed by atoms with Gasteiger partial charge in [-0.15, -0.1) is 0 Å². The molecule has 2 aliphatic heterocycles. The standard InChI is InChI=1S/C22H18FN3O5/c23-14-6-4-12(5-7-14)10-18(28)25-20(29)15-3-1-2-13-11-26(22(31)19(13)15)16-8-9-17(27)24-21(16)30/h1-7,16H,8-11H2,(H,24,27,30)(H,25,28,29). The summed E-state index contributed by atoms with van der Waals surface area (Å²) in [5, 5.41) is 4.48. The van der Waals surface area contributed by atoms with Crippen LogP contribution in [0.4, 0.5) is 4.39 Å². The number of carbonyl (C=O) groups is 5. The van der Waals surface area contributed by atoms with Gasteiger partial charge in [-0.1, -0.05) is 24.3 Å². The molecule has 1 atom stereocenters. The van der Waals surface area contributed by atoms with Gasteiger partial charge in [-0.2, -0.15) is 0 Å². The van der Waals surface area contributed by atoms with Crippen LogP contribution in [0.2, 0.25) is 0 Å². The van der Waals surface area contributed by atoms with Gasteiger partial charge in [0, 0.05) is 13.0 Å². The number of rotatable bonds is 4. The zero-order valence-electron chi connectivity index (χ0n) is 16.3. The molecule has 0 bridgehead atoms. The molecule has 0 aromatic heterocycles. The Morgan fingerprint density at radius 3 is 2.55 bits per heavy atom. The quantitative estimate of drug-likeness (QED) is 0.715. The second-order valence-corrected chi connectivity index (χ2v) is 7.42. The number of fused-ring (bicyclic) bond motifs is 1. The summed E-state index contributed by atoms with van der Waals surface area (Å²) in [4.78, 5) is 62.9. The summed E-state index contributed by atoms with van der Waals surface area (Å²) in [6, 6.07) is 9.24. The first-order valence-corrected chi connectivity index (χ1v) is 9.68. The maximum absolute atomic E-state index is 13.0. The Labute approximate surface area is 176 Å². The van der Waals surface area contributed by atoms with E-state index in [1.807, 2.05) is 0 Å². The molecule has 5 amide bonds. The van der Waals surface area contributed by atoms with Gasteiger partial charge < -0.3 is 4.90 Å². The smallest absolute Gasteiger partial charge is 0.258 e. The molecule has 31 heavy (non-hydrogen) atoms. The van der Waals surface area contributed by atoms with Gasteiger partial charge >= 0.3 is 0 Å². The van der Waals surface area contributed by atoms with Crippen molar-refractivity contribution in [2.75, 3.05) is 0 Å². The largest absolute Gasteiger partial charge is 0.322 e. The lowest BCUT2D eigenvalue weighted by atomic mass is 10.0. The Bertz CT molecular complexity index is 1110. The van der Waals surface area contributed by atoms with E-state index in [1.54, 1.807) is 12.1 Å². The minimum absolute atomic E-state index is 0.0322. The minimum atomic E-state index is -0.798. The summed E-state index contributed by atoms with van der Waals surface area (Å²) in [5.41, 5.74) is 1.27. The van der Waals surface area contributed by atoms with Gasteiger partial charge in [0.1, 0.15) is 11.9 Å². The summed E-state index contributed by atoms with van der Waals surface area (Å²) in [6.45, 7) is 0.130. The summed E-state index contributed by atoms with van der Waals surface area (Å²) < 4.78 is 13.0. The van der Waals surface area contributed by atoms with E-state index in [4.69, 9.17) is 0 Å². The van der Waals surface area contributed by atoms with Crippen LogP contribution < -0.4 is 10.6 Å². The van der Waals surface area contributed by atoms with Gasteiger partial charge in [-0.25, -0.2) is 4.39 Å². The molecule has 2 aliphatic rings. The van der Waals surface area contributed by atoms with E-state index < -0.39 is 35.5 Å². The number of halogens is 1. The first kappa shape index (κ1) is 20.4. The van der Waals surface area contributed by atoms with E-state index in [0.717, 1.165) is 0 Å². The first-order chi connectivity index (χ1) is 14.8. The monoisotopic (exact) mass is 423 g/mol. The Hall–Kier alpha value is -3.88. The van der Waals surface area contributed by atoms with Crippen LogP contribution >= 0.6 is 0 Å². The fourth-order valence-corrected chi connectivity index (χ4v) is 3.83. The zero-order chi connectivity index (χ0) is 22.1. The normalized spacial score (nSPS) is 17.9. The first-order valence-electron chi connectivity index (χ1n) is 9.68. The molecule has 8 nitrogen and oxygen atoms in total. The molecule has 4 rings (SSSR count). The van der Waals surface area contributed by atoms with E-state index in [2.05, 4.69) is 10.6 Å². The van der Waals surface area contributed by atoms with Gasteiger partial charge in [0.15, 0.2) is 0 Å². The van der Waals surface area contributed by atoms with Crippen LogP contribution in [0.3, 0.4) is 0 Å². The number of carbonyl (C=O) groups excluding carboxylic acids is 5. The molecule has 158 valence electrons. The third kappa shape index (κ3) is 4.07. The predicted molar refractivity (Wildman–Crippen MR) is 105 cm³/mol. The number of nitrogens with zero attached hydrogens (tertiary/aromatic N) is 1. The lowest BCUT2D eigenvalue weighted by Crippen LogP contribution is -2.52. The average Bonchev–Trinajstić information content (AvgIpc) is 3.06. The molecular weight excluding hydrogens is 405 g/mol. The van der Waals surface area contributed by atoms with Crippen LogP contribution in [0.25, 0.3) is 0 Å². The predicted octanol–water partition coefficient (Wildman–Crippen LogP) is 1.09. The molecule has 1 fully saturated rings. The van der Waals surface area contributed by atoms with Crippen LogP contribution in [-0.4, -0.2) is 40.5 Å². The van der Waals surface area contributed by atoms with E-state index in [-0.39, 0.29) is 42.8 Å². The number of amides is 5. The molecule has 0 saturated carbocycles. The Balaban J connectivity index is 1.50. The van der Waals surface area contributed by atoms with Crippen molar-refractivity contribution in [3.8, 4) is 0 Å². The Kier molecular flexibility index (Phi) is 5.33. The summed E-state index contributed by atoms with van der Waals surface area (Å²) >= 11 is 0.